The highest BCUT2D eigenvalue weighted by Gasteiger charge is 2.38. The van der Waals surface area contributed by atoms with Crippen molar-refractivity contribution in [2.75, 3.05) is 0 Å². The standard InChI is InChI=1S/C18H16O/c19-18(17-13-7-8-14-17,15-9-3-1-4-10-15)16-11-5-2-6-12-16/h1-14,17,19H. The zero-order valence-corrected chi connectivity index (χ0v) is 10.6. The quantitative estimate of drug-likeness (QED) is 0.878. The topological polar surface area (TPSA) is 20.2 Å². The molecule has 94 valence electrons. The van der Waals surface area contributed by atoms with Gasteiger partial charge < -0.3 is 5.11 Å². The van der Waals surface area contributed by atoms with Crippen LogP contribution in [0.4, 0.5) is 0 Å². The number of aliphatic hydroxyl groups is 1. The molecule has 0 amide bonds. The first-order valence-corrected chi connectivity index (χ1v) is 6.50. The summed E-state index contributed by atoms with van der Waals surface area (Å²) in [4.78, 5) is 0. The first kappa shape index (κ1) is 11.9. The van der Waals surface area contributed by atoms with Gasteiger partial charge in [0.15, 0.2) is 0 Å². The number of allylic oxidation sites excluding steroid dienone is 2. The Balaban J connectivity index is 2.16. The summed E-state index contributed by atoms with van der Waals surface area (Å²) < 4.78 is 0. The number of benzene rings is 2. The number of rotatable bonds is 3. The smallest absolute Gasteiger partial charge is 0.124 e. The van der Waals surface area contributed by atoms with Crippen LogP contribution in [0, 0.1) is 5.92 Å². The molecule has 1 aliphatic carbocycles. The minimum Gasteiger partial charge on any atom is -0.379 e. The summed E-state index contributed by atoms with van der Waals surface area (Å²) in [6.07, 6.45) is 8.06. The zero-order chi connectivity index (χ0) is 13.1. The summed E-state index contributed by atoms with van der Waals surface area (Å²) >= 11 is 0. The van der Waals surface area contributed by atoms with Crippen molar-refractivity contribution in [3.8, 4) is 0 Å². The van der Waals surface area contributed by atoms with Crippen molar-refractivity contribution in [1.82, 2.24) is 0 Å². The number of hydrogen-bond donors (Lipinski definition) is 1. The normalized spacial score (nSPS) is 15.0. The largest absolute Gasteiger partial charge is 0.379 e. The van der Waals surface area contributed by atoms with Gasteiger partial charge in [-0.15, -0.1) is 0 Å². The van der Waals surface area contributed by atoms with Gasteiger partial charge in [-0.25, -0.2) is 0 Å². The Kier molecular flexibility index (Phi) is 3.06. The summed E-state index contributed by atoms with van der Waals surface area (Å²) in [5.74, 6) is -0.0303. The molecular formula is C18H16O. The van der Waals surface area contributed by atoms with Gasteiger partial charge >= 0.3 is 0 Å². The lowest BCUT2D eigenvalue weighted by Crippen LogP contribution is -2.34. The molecule has 0 saturated carbocycles. The molecule has 2 aromatic rings. The van der Waals surface area contributed by atoms with Crippen molar-refractivity contribution in [2.45, 2.75) is 5.60 Å². The highest BCUT2D eigenvalue weighted by molar-refractivity contribution is 5.41. The van der Waals surface area contributed by atoms with Crippen molar-refractivity contribution in [3.05, 3.63) is 96.1 Å². The SMILES string of the molecule is OC(c1ccccc1)(c1ccccc1)C1C=CC=C1. The van der Waals surface area contributed by atoms with Gasteiger partial charge in [0.05, 0.1) is 0 Å². The van der Waals surface area contributed by atoms with Crippen LogP contribution < -0.4 is 0 Å². The van der Waals surface area contributed by atoms with Gasteiger partial charge in [0, 0.05) is 5.92 Å². The molecule has 0 saturated heterocycles. The van der Waals surface area contributed by atoms with Crippen molar-refractivity contribution in [1.29, 1.82) is 0 Å². The van der Waals surface area contributed by atoms with E-state index in [0.29, 0.717) is 0 Å². The molecule has 0 bridgehead atoms. The Labute approximate surface area is 113 Å². The predicted octanol–water partition coefficient (Wildman–Crippen LogP) is 3.66. The average molecular weight is 248 g/mol. The van der Waals surface area contributed by atoms with Gasteiger partial charge in [-0.05, 0) is 11.1 Å². The third-order valence-electron chi connectivity index (χ3n) is 3.66. The summed E-state index contributed by atoms with van der Waals surface area (Å²) in [6, 6.07) is 19.7. The molecule has 1 N–H and O–H groups in total. The molecule has 1 heteroatoms. The van der Waals surface area contributed by atoms with Crippen molar-refractivity contribution < 1.29 is 5.11 Å². The lowest BCUT2D eigenvalue weighted by molar-refractivity contribution is 0.0548. The highest BCUT2D eigenvalue weighted by Crippen LogP contribution is 2.39. The molecule has 0 heterocycles. The van der Waals surface area contributed by atoms with Gasteiger partial charge in [-0.1, -0.05) is 85.0 Å². The van der Waals surface area contributed by atoms with E-state index in [-0.39, 0.29) is 5.92 Å². The molecule has 0 aromatic heterocycles. The summed E-state index contributed by atoms with van der Waals surface area (Å²) in [7, 11) is 0. The molecule has 0 aliphatic heterocycles. The second-order valence-corrected chi connectivity index (χ2v) is 4.79. The van der Waals surface area contributed by atoms with Gasteiger partial charge in [-0.2, -0.15) is 0 Å². The van der Waals surface area contributed by atoms with Crippen LogP contribution in [0.15, 0.2) is 85.0 Å². The van der Waals surface area contributed by atoms with Crippen molar-refractivity contribution >= 4 is 0 Å². The van der Waals surface area contributed by atoms with E-state index < -0.39 is 5.60 Å². The zero-order valence-electron chi connectivity index (χ0n) is 10.6. The fourth-order valence-electron chi connectivity index (χ4n) is 2.65. The van der Waals surface area contributed by atoms with E-state index in [1.165, 1.54) is 0 Å². The maximum atomic E-state index is 11.4. The van der Waals surface area contributed by atoms with Crippen LogP contribution >= 0.6 is 0 Å². The van der Waals surface area contributed by atoms with E-state index in [9.17, 15) is 5.11 Å². The molecule has 1 nitrogen and oxygen atoms in total. The Morgan fingerprint density at radius 3 is 1.53 bits per heavy atom. The van der Waals surface area contributed by atoms with E-state index >= 15 is 0 Å². The fourth-order valence-corrected chi connectivity index (χ4v) is 2.65. The first-order valence-electron chi connectivity index (χ1n) is 6.50. The van der Waals surface area contributed by atoms with E-state index in [4.69, 9.17) is 0 Å². The Hall–Kier alpha value is -2.12. The van der Waals surface area contributed by atoms with E-state index in [2.05, 4.69) is 0 Å². The van der Waals surface area contributed by atoms with Crippen LogP contribution in [0.1, 0.15) is 11.1 Å². The third kappa shape index (κ3) is 2.02. The molecule has 0 fully saturated rings. The molecule has 3 rings (SSSR count). The molecule has 0 atom stereocenters. The molecule has 19 heavy (non-hydrogen) atoms. The molecule has 2 aromatic carbocycles. The van der Waals surface area contributed by atoms with Gasteiger partial charge in [0.25, 0.3) is 0 Å². The number of hydrogen-bond acceptors (Lipinski definition) is 1. The van der Waals surface area contributed by atoms with E-state index in [0.717, 1.165) is 11.1 Å². The Morgan fingerprint density at radius 1 is 0.684 bits per heavy atom. The lowest BCUT2D eigenvalue weighted by Gasteiger charge is -2.33. The summed E-state index contributed by atoms with van der Waals surface area (Å²) in [5, 5.41) is 11.4. The van der Waals surface area contributed by atoms with Crippen LogP contribution in [-0.4, -0.2) is 5.11 Å². The maximum absolute atomic E-state index is 11.4. The molecule has 0 spiro atoms. The monoisotopic (exact) mass is 248 g/mol. The predicted molar refractivity (Wildman–Crippen MR) is 77.7 cm³/mol. The van der Waals surface area contributed by atoms with Gasteiger partial charge in [-0.3, -0.25) is 0 Å². The second-order valence-electron chi connectivity index (χ2n) is 4.79. The van der Waals surface area contributed by atoms with E-state index in [1.54, 1.807) is 0 Å². The molecular weight excluding hydrogens is 232 g/mol. The van der Waals surface area contributed by atoms with Gasteiger partial charge in [0.1, 0.15) is 5.60 Å². The summed E-state index contributed by atoms with van der Waals surface area (Å²) in [5.41, 5.74) is 0.830. The van der Waals surface area contributed by atoms with Crippen molar-refractivity contribution in [2.24, 2.45) is 5.92 Å². The average Bonchev–Trinajstić information content (AvgIpc) is 3.03. The minimum atomic E-state index is -1.01. The Bertz CT molecular complexity index is 545. The van der Waals surface area contributed by atoms with E-state index in [1.807, 2.05) is 85.0 Å². The minimum absolute atomic E-state index is 0.0303. The maximum Gasteiger partial charge on any atom is 0.124 e. The molecule has 0 radical (unpaired) electrons. The van der Waals surface area contributed by atoms with Crippen LogP contribution in [0.5, 0.6) is 0 Å². The second kappa shape index (κ2) is 4.87. The summed E-state index contributed by atoms with van der Waals surface area (Å²) in [6.45, 7) is 0. The van der Waals surface area contributed by atoms with Crippen LogP contribution in [0.3, 0.4) is 0 Å². The third-order valence-corrected chi connectivity index (χ3v) is 3.66. The van der Waals surface area contributed by atoms with Crippen LogP contribution in [0.2, 0.25) is 0 Å². The Morgan fingerprint density at radius 2 is 1.11 bits per heavy atom. The fraction of sp³-hybridized carbons (Fsp3) is 0.111. The van der Waals surface area contributed by atoms with Crippen molar-refractivity contribution in [3.63, 3.8) is 0 Å². The van der Waals surface area contributed by atoms with Crippen LogP contribution in [-0.2, 0) is 5.60 Å². The highest BCUT2D eigenvalue weighted by atomic mass is 16.3. The molecule has 1 aliphatic rings. The van der Waals surface area contributed by atoms with Crippen LogP contribution in [0.25, 0.3) is 0 Å². The van der Waals surface area contributed by atoms with Gasteiger partial charge in [0.2, 0.25) is 0 Å². The first-order chi connectivity index (χ1) is 9.32. The molecule has 0 unspecified atom stereocenters. The lowest BCUT2D eigenvalue weighted by atomic mass is 9.77.